The first kappa shape index (κ1) is 24.4. The van der Waals surface area contributed by atoms with Gasteiger partial charge in [-0.1, -0.05) is 45.0 Å². The molecule has 0 amide bonds. The van der Waals surface area contributed by atoms with Gasteiger partial charge in [-0.2, -0.15) is 15.1 Å². The van der Waals surface area contributed by atoms with Crippen molar-refractivity contribution in [2.75, 3.05) is 62.9 Å². The van der Waals surface area contributed by atoms with Crippen LogP contribution in [0.25, 0.3) is 0 Å². The highest BCUT2D eigenvalue weighted by molar-refractivity contribution is 6.05. The summed E-state index contributed by atoms with van der Waals surface area (Å²) in [5, 5.41) is 4.75. The summed E-state index contributed by atoms with van der Waals surface area (Å²) in [4.78, 5) is 14.0. The number of fused-ring (bicyclic) bond motifs is 1. The summed E-state index contributed by atoms with van der Waals surface area (Å²) >= 11 is 0. The summed E-state index contributed by atoms with van der Waals surface area (Å²) < 4.78 is 11.5. The van der Waals surface area contributed by atoms with Crippen LogP contribution in [-0.4, -0.2) is 73.1 Å². The van der Waals surface area contributed by atoms with Gasteiger partial charge >= 0.3 is 6.01 Å². The number of nitrogens with one attached hydrogen (secondary N) is 1. The van der Waals surface area contributed by atoms with Crippen molar-refractivity contribution >= 4 is 17.3 Å². The topological polar surface area (TPSA) is 75.1 Å². The van der Waals surface area contributed by atoms with Crippen LogP contribution in [0.3, 0.4) is 0 Å². The van der Waals surface area contributed by atoms with Gasteiger partial charge < -0.3 is 14.4 Å². The summed E-state index contributed by atoms with van der Waals surface area (Å²) in [6.07, 6.45) is 3.03. The summed E-state index contributed by atoms with van der Waals surface area (Å²) in [7, 11) is 0. The van der Waals surface area contributed by atoms with E-state index in [0.29, 0.717) is 24.4 Å². The van der Waals surface area contributed by atoms with Gasteiger partial charge in [-0.3, -0.25) is 10.3 Å². The molecular weight excluding hydrogens is 428 g/mol. The second-order valence-corrected chi connectivity index (χ2v) is 9.05. The van der Waals surface area contributed by atoms with Gasteiger partial charge in [0.05, 0.1) is 18.9 Å². The highest BCUT2D eigenvalue weighted by Crippen LogP contribution is 2.33. The summed E-state index contributed by atoms with van der Waals surface area (Å²) in [6, 6.07) is 10.9. The molecule has 1 saturated heterocycles. The van der Waals surface area contributed by atoms with Crippen LogP contribution in [0.1, 0.15) is 57.1 Å². The third-order valence-electron chi connectivity index (χ3n) is 6.35. The van der Waals surface area contributed by atoms with E-state index in [4.69, 9.17) is 19.6 Å². The summed E-state index contributed by atoms with van der Waals surface area (Å²) in [6.45, 7) is 13.3. The number of ether oxygens (including phenoxy) is 2. The van der Waals surface area contributed by atoms with Crippen molar-refractivity contribution in [2.24, 2.45) is 5.10 Å². The van der Waals surface area contributed by atoms with Crippen molar-refractivity contribution in [1.29, 1.82) is 0 Å². The molecule has 1 aliphatic carbocycles. The Bertz CT molecular complexity index is 954. The van der Waals surface area contributed by atoms with E-state index in [0.717, 1.165) is 76.7 Å². The molecule has 8 nitrogen and oxygen atoms in total. The molecule has 2 heterocycles. The molecule has 184 valence electrons. The molecule has 1 atom stereocenters. The lowest BCUT2D eigenvalue weighted by Gasteiger charge is -2.26. The second-order valence-electron chi connectivity index (χ2n) is 9.05. The Morgan fingerprint density at radius 2 is 1.91 bits per heavy atom. The van der Waals surface area contributed by atoms with E-state index >= 15 is 0 Å². The fourth-order valence-electron chi connectivity index (χ4n) is 4.60. The predicted molar refractivity (Wildman–Crippen MR) is 137 cm³/mol. The molecule has 0 radical (unpaired) electrons. The van der Waals surface area contributed by atoms with Crippen LogP contribution < -0.4 is 15.1 Å². The molecule has 34 heavy (non-hydrogen) atoms. The van der Waals surface area contributed by atoms with Crippen LogP contribution in [0.2, 0.25) is 0 Å². The van der Waals surface area contributed by atoms with E-state index in [1.54, 1.807) is 0 Å². The molecule has 1 aromatic heterocycles. The van der Waals surface area contributed by atoms with Crippen molar-refractivity contribution in [3.63, 3.8) is 0 Å². The number of hydrazone groups is 1. The van der Waals surface area contributed by atoms with E-state index < -0.39 is 0 Å². The largest absolute Gasteiger partial charge is 0.462 e. The SMILES string of the molecule is CCCN(CCC)c1cc(N/N=C2/CC(C)c3ccccc32)nc(OCCN2CCOCC2)n1. The van der Waals surface area contributed by atoms with Crippen LogP contribution in [0.15, 0.2) is 35.4 Å². The molecule has 2 aromatic rings. The number of nitrogens with zero attached hydrogens (tertiary/aromatic N) is 5. The Kier molecular flexibility index (Phi) is 8.71. The third-order valence-corrected chi connectivity index (χ3v) is 6.35. The minimum Gasteiger partial charge on any atom is -0.462 e. The number of morpholine rings is 1. The van der Waals surface area contributed by atoms with Gasteiger partial charge in [-0.05, 0) is 30.7 Å². The van der Waals surface area contributed by atoms with Gasteiger partial charge in [0.15, 0.2) is 5.82 Å². The van der Waals surface area contributed by atoms with Crippen molar-refractivity contribution < 1.29 is 9.47 Å². The average Bonchev–Trinajstić information content (AvgIpc) is 3.19. The summed E-state index contributed by atoms with van der Waals surface area (Å²) in [5.41, 5.74) is 6.85. The first-order valence-electron chi connectivity index (χ1n) is 12.7. The second kappa shape index (κ2) is 12.1. The zero-order valence-corrected chi connectivity index (χ0v) is 20.8. The van der Waals surface area contributed by atoms with Crippen molar-refractivity contribution in [3.8, 4) is 6.01 Å². The third kappa shape index (κ3) is 6.24. The number of benzene rings is 1. The number of aromatic nitrogens is 2. The van der Waals surface area contributed by atoms with Crippen LogP contribution >= 0.6 is 0 Å². The summed E-state index contributed by atoms with van der Waals surface area (Å²) in [5.74, 6) is 2.01. The molecule has 4 rings (SSSR count). The van der Waals surface area contributed by atoms with Gasteiger partial charge in [-0.25, -0.2) is 0 Å². The molecule has 1 aliphatic heterocycles. The lowest BCUT2D eigenvalue weighted by atomic mass is 10.0. The van der Waals surface area contributed by atoms with Gasteiger partial charge in [0.25, 0.3) is 0 Å². The van der Waals surface area contributed by atoms with Crippen molar-refractivity contribution in [3.05, 3.63) is 41.5 Å². The van der Waals surface area contributed by atoms with Crippen LogP contribution in [0, 0.1) is 0 Å². The fourth-order valence-corrected chi connectivity index (χ4v) is 4.60. The zero-order chi connectivity index (χ0) is 23.8. The molecule has 1 aromatic carbocycles. The van der Waals surface area contributed by atoms with E-state index in [1.165, 1.54) is 11.1 Å². The number of anilines is 2. The molecular formula is C26H38N6O2. The predicted octanol–water partition coefficient (Wildman–Crippen LogP) is 4.14. The van der Waals surface area contributed by atoms with E-state index in [1.807, 2.05) is 6.07 Å². The monoisotopic (exact) mass is 466 g/mol. The highest BCUT2D eigenvalue weighted by Gasteiger charge is 2.24. The smallest absolute Gasteiger partial charge is 0.320 e. The van der Waals surface area contributed by atoms with E-state index in [2.05, 4.69) is 65.2 Å². The van der Waals surface area contributed by atoms with E-state index in [-0.39, 0.29) is 0 Å². The quantitative estimate of drug-likeness (QED) is 0.499. The Hall–Kier alpha value is -2.71. The molecule has 1 unspecified atom stereocenters. The van der Waals surface area contributed by atoms with Gasteiger partial charge in [0, 0.05) is 44.4 Å². The molecule has 2 aliphatic rings. The first-order valence-corrected chi connectivity index (χ1v) is 12.7. The highest BCUT2D eigenvalue weighted by atomic mass is 16.5. The normalized spacial score (nSPS) is 19.3. The fraction of sp³-hybridized carbons (Fsp3) is 0.577. The van der Waals surface area contributed by atoms with Gasteiger partial charge in [0.2, 0.25) is 0 Å². The number of hydrogen-bond donors (Lipinski definition) is 1. The maximum atomic E-state index is 6.02. The lowest BCUT2D eigenvalue weighted by molar-refractivity contribution is 0.0317. The van der Waals surface area contributed by atoms with E-state index in [9.17, 15) is 0 Å². The molecule has 1 N–H and O–H groups in total. The lowest BCUT2D eigenvalue weighted by Crippen LogP contribution is -2.38. The average molecular weight is 467 g/mol. The van der Waals surface area contributed by atoms with Crippen molar-refractivity contribution in [1.82, 2.24) is 14.9 Å². The van der Waals surface area contributed by atoms with Crippen LogP contribution in [0.5, 0.6) is 6.01 Å². The Morgan fingerprint density at radius 3 is 2.68 bits per heavy atom. The Labute approximate surface area is 203 Å². The Balaban J connectivity index is 1.51. The van der Waals surface area contributed by atoms with Crippen molar-refractivity contribution in [2.45, 2.75) is 46.0 Å². The van der Waals surface area contributed by atoms with Gasteiger partial charge in [-0.15, -0.1) is 0 Å². The minimum atomic E-state index is 0.394. The molecule has 0 spiro atoms. The first-order chi connectivity index (χ1) is 16.7. The van der Waals surface area contributed by atoms with Crippen LogP contribution in [0.4, 0.5) is 11.6 Å². The zero-order valence-electron chi connectivity index (χ0n) is 20.8. The van der Waals surface area contributed by atoms with Gasteiger partial charge in [0.1, 0.15) is 12.4 Å². The van der Waals surface area contributed by atoms with Crippen LogP contribution in [-0.2, 0) is 4.74 Å². The number of rotatable bonds is 11. The molecule has 0 saturated carbocycles. The number of hydrogen-bond acceptors (Lipinski definition) is 8. The maximum Gasteiger partial charge on any atom is 0.320 e. The molecule has 1 fully saturated rings. The molecule has 0 bridgehead atoms. The standard InChI is InChI=1S/C26H38N6O2/c1-4-10-32(11-5-2)25-19-24(27-26(28-25)34-17-14-31-12-15-33-16-13-31)30-29-23-18-20(3)21-8-6-7-9-22(21)23/h6-9,19-20H,4-5,10-18H2,1-3H3,(H,27,28,30)/b29-23-. The molecule has 8 heteroatoms. The Morgan fingerprint density at radius 1 is 1.15 bits per heavy atom. The minimum absolute atomic E-state index is 0.394. The maximum absolute atomic E-state index is 6.02.